The molecule has 3 heteroatoms. The van der Waals surface area contributed by atoms with E-state index in [1.54, 1.807) is 0 Å². The Hall–Kier alpha value is -0.570. The van der Waals surface area contributed by atoms with Gasteiger partial charge in [0.2, 0.25) is 0 Å². The van der Waals surface area contributed by atoms with E-state index in [1.807, 2.05) is 6.92 Å². The van der Waals surface area contributed by atoms with Gasteiger partial charge < -0.3 is 10.5 Å². The van der Waals surface area contributed by atoms with E-state index in [1.165, 1.54) is 6.42 Å². The maximum atomic E-state index is 11.5. The molecule has 0 spiro atoms. The van der Waals surface area contributed by atoms with E-state index in [2.05, 4.69) is 13.8 Å². The fraction of sp³-hybridized carbons (Fsp3) is 0.923. The minimum absolute atomic E-state index is 0.0000435. The maximum absolute atomic E-state index is 11.5. The van der Waals surface area contributed by atoms with Crippen molar-refractivity contribution in [2.45, 2.75) is 58.6 Å². The van der Waals surface area contributed by atoms with Crippen LogP contribution >= 0.6 is 0 Å². The van der Waals surface area contributed by atoms with E-state index < -0.39 is 0 Å². The molecular weight excluding hydrogens is 202 g/mol. The van der Waals surface area contributed by atoms with E-state index in [9.17, 15) is 4.79 Å². The van der Waals surface area contributed by atoms with Gasteiger partial charge in [0.25, 0.3) is 0 Å². The van der Waals surface area contributed by atoms with Gasteiger partial charge in [0, 0.05) is 12.0 Å². The SMILES string of the molecule is CC(N)CC1(C)CCC2C(C1)OC(=O)C2C. The first-order valence-electron chi connectivity index (χ1n) is 6.37. The maximum Gasteiger partial charge on any atom is 0.309 e. The van der Waals surface area contributed by atoms with Gasteiger partial charge >= 0.3 is 5.97 Å². The molecule has 0 aromatic rings. The predicted octanol–water partition coefficient (Wildman–Crippen LogP) is 2.09. The standard InChI is InChI=1S/C13H23NO2/c1-8(14)6-13(3)5-4-10-9(2)12(15)16-11(10)7-13/h8-11H,4-7,14H2,1-3H3. The monoisotopic (exact) mass is 225 g/mol. The van der Waals surface area contributed by atoms with Gasteiger partial charge in [0.05, 0.1) is 5.92 Å². The lowest BCUT2D eigenvalue weighted by atomic mass is 9.66. The molecule has 0 aromatic carbocycles. The zero-order chi connectivity index (χ0) is 11.9. The average molecular weight is 225 g/mol. The summed E-state index contributed by atoms with van der Waals surface area (Å²) in [4.78, 5) is 11.5. The number of hydrogen-bond donors (Lipinski definition) is 1. The summed E-state index contributed by atoms with van der Waals surface area (Å²) in [7, 11) is 0. The molecule has 0 amide bonds. The van der Waals surface area contributed by atoms with Crippen LogP contribution in [0.3, 0.4) is 0 Å². The van der Waals surface area contributed by atoms with Gasteiger partial charge in [-0.05, 0) is 38.0 Å². The zero-order valence-electron chi connectivity index (χ0n) is 10.5. The Balaban J connectivity index is 2.04. The number of ether oxygens (including phenoxy) is 1. The normalized spacial score (nSPS) is 45.0. The second-order valence-corrected chi connectivity index (χ2v) is 6.16. The molecule has 5 atom stereocenters. The van der Waals surface area contributed by atoms with Crippen LogP contribution in [0.1, 0.15) is 46.5 Å². The van der Waals surface area contributed by atoms with Crippen LogP contribution in [0.4, 0.5) is 0 Å². The fourth-order valence-electron chi connectivity index (χ4n) is 3.54. The second kappa shape index (κ2) is 4.02. The molecule has 5 unspecified atom stereocenters. The molecule has 1 saturated heterocycles. The Morgan fingerprint density at radius 3 is 2.94 bits per heavy atom. The summed E-state index contributed by atoms with van der Waals surface area (Å²) in [6.45, 7) is 6.34. The summed E-state index contributed by atoms with van der Waals surface area (Å²) in [6.07, 6.45) is 4.47. The second-order valence-electron chi connectivity index (χ2n) is 6.16. The largest absolute Gasteiger partial charge is 0.462 e. The van der Waals surface area contributed by atoms with Crippen molar-refractivity contribution in [3.8, 4) is 0 Å². The lowest BCUT2D eigenvalue weighted by Gasteiger charge is -2.40. The van der Waals surface area contributed by atoms with E-state index in [4.69, 9.17) is 10.5 Å². The molecule has 1 saturated carbocycles. The molecule has 0 bridgehead atoms. The summed E-state index contributed by atoms with van der Waals surface area (Å²) < 4.78 is 5.47. The average Bonchev–Trinajstić information content (AvgIpc) is 2.39. The Morgan fingerprint density at radius 2 is 2.31 bits per heavy atom. The molecule has 1 heterocycles. The molecule has 1 aliphatic heterocycles. The van der Waals surface area contributed by atoms with Gasteiger partial charge in [-0.25, -0.2) is 0 Å². The van der Waals surface area contributed by atoms with Crippen LogP contribution in [-0.2, 0) is 9.53 Å². The first-order valence-corrected chi connectivity index (χ1v) is 6.37. The topological polar surface area (TPSA) is 52.3 Å². The number of rotatable bonds is 2. The Kier molecular flexibility index (Phi) is 2.99. The molecule has 2 aliphatic rings. The quantitative estimate of drug-likeness (QED) is 0.732. The lowest BCUT2D eigenvalue weighted by molar-refractivity contribution is -0.145. The van der Waals surface area contributed by atoms with E-state index >= 15 is 0 Å². The third kappa shape index (κ3) is 2.10. The highest BCUT2D eigenvalue weighted by Crippen LogP contribution is 2.48. The fourth-order valence-corrected chi connectivity index (χ4v) is 3.54. The number of hydrogen-bond acceptors (Lipinski definition) is 3. The van der Waals surface area contributed by atoms with Crippen molar-refractivity contribution in [2.75, 3.05) is 0 Å². The van der Waals surface area contributed by atoms with Crippen molar-refractivity contribution in [3.05, 3.63) is 0 Å². The summed E-state index contributed by atoms with van der Waals surface area (Å²) in [5.41, 5.74) is 6.16. The minimum atomic E-state index is 0.0000435. The zero-order valence-corrected chi connectivity index (χ0v) is 10.5. The third-order valence-corrected chi connectivity index (χ3v) is 4.35. The molecule has 2 fully saturated rings. The van der Waals surface area contributed by atoms with Crippen LogP contribution in [0.2, 0.25) is 0 Å². The highest BCUT2D eigenvalue weighted by Gasteiger charge is 2.48. The third-order valence-electron chi connectivity index (χ3n) is 4.35. The van der Waals surface area contributed by atoms with Crippen molar-refractivity contribution in [1.82, 2.24) is 0 Å². The summed E-state index contributed by atoms with van der Waals surface area (Å²) in [6, 6.07) is 0.232. The summed E-state index contributed by atoms with van der Waals surface area (Å²) in [5, 5.41) is 0. The first-order chi connectivity index (χ1) is 7.41. The number of esters is 1. The number of fused-ring (bicyclic) bond motifs is 1. The molecule has 16 heavy (non-hydrogen) atoms. The predicted molar refractivity (Wildman–Crippen MR) is 62.8 cm³/mol. The van der Waals surface area contributed by atoms with Gasteiger partial charge in [-0.1, -0.05) is 13.8 Å². The van der Waals surface area contributed by atoms with Crippen LogP contribution < -0.4 is 5.73 Å². The Morgan fingerprint density at radius 1 is 1.62 bits per heavy atom. The molecule has 92 valence electrons. The van der Waals surface area contributed by atoms with Crippen LogP contribution in [0.25, 0.3) is 0 Å². The number of carbonyl (C=O) groups excluding carboxylic acids is 1. The smallest absolute Gasteiger partial charge is 0.309 e. The molecule has 2 rings (SSSR count). The van der Waals surface area contributed by atoms with Crippen LogP contribution in [-0.4, -0.2) is 18.1 Å². The molecule has 0 radical (unpaired) electrons. The first kappa shape index (κ1) is 11.9. The summed E-state index contributed by atoms with van der Waals surface area (Å²) >= 11 is 0. The Labute approximate surface area is 97.7 Å². The van der Waals surface area contributed by atoms with Crippen molar-refractivity contribution in [1.29, 1.82) is 0 Å². The van der Waals surface area contributed by atoms with Crippen molar-refractivity contribution >= 4 is 5.97 Å². The molecular formula is C13H23NO2. The van der Waals surface area contributed by atoms with Crippen LogP contribution in [0, 0.1) is 17.3 Å². The highest BCUT2D eigenvalue weighted by molar-refractivity contribution is 5.74. The molecule has 1 aliphatic carbocycles. The van der Waals surface area contributed by atoms with Gasteiger partial charge in [-0.3, -0.25) is 4.79 Å². The van der Waals surface area contributed by atoms with Gasteiger partial charge in [0.1, 0.15) is 6.10 Å². The van der Waals surface area contributed by atoms with Crippen molar-refractivity contribution in [3.63, 3.8) is 0 Å². The number of carbonyl (C=O) groups is 1. The highest BCUT2D eigenvalue weighted by atomic mass is 16.6. The van der Waals surface area contributed by atoms with Crippen molar-refractivity contribution < 1.29 is 9.53 Å². The summed E-state index contributed by atoms with van der Waals surface area (Å²) in [5.74, 6) is 0.554. The van der Waals surface area contributed by atoms with Crippen LogP contribution in [0.5, 0.6) is 0 Å². The molecule has 2 N–H and O–H groups in total. The Bertz CT molecular complexity index is 290. The van der Waals surface area contributed by atoms with Gasteiger partial charge in [0.15, 0.2) is 0 Å². The molecule has 0 aromatic heterocycles. The van der Waals surface area contributed by atoms with Crippen molar-refractivity contribution in [2.24, 2.45) is 23.0 Å². The molecule has 3 nitrogen and oxygen atoms in total. The van der Waals surface area contributed by atoms with Gasteiger partial charge in [-0.15, -0.1) is 0 Å². The lowest BCUT2D eigenvalue weighted by Crippen LogP contribution is -2.38. The number of nitrogens with two attached hydrogens (primary N) is 1. The minimum Gasteiger partial charge on any atom is -0.462 e. The van der Waals surface area contributed by atoms with E-state index in [0.717, 1.165) is 19.3 Å². The van der Waals surface area contributed by atoms with Gasteiger partial charge in [-0.2, -0.15) is 0 Å². The van der Waals surface area contributed by atoms with Crippen LogP contribution in [0.15, 0.2) is 0 Å². The van der Waals surface area contributed by atoms with E-state index in [-0.39, 0.29) is 29.4 Å². The van der Waals surface area contributed by atoms with E-state index in [0.29, 0.717) is 5.92 Å².